The minimum atomic E-state index is -1.15. The van der Waals surface area contributed by atoms with Crippen molar-refractivity contribution in [2.75, 3.05) is 7.05 Å². The summed E-state index contributed by atoms with van der Waals surface area (Å²) in [6.07, 6.45) is 1.94. The lowest BCUT2D eigenvalue weighted by atomic mass is 11.0. The van der Waals surface area contributed by atoms with Gasteiger partial charge in [-0.15, -0.1) is 0 Å². The van der Waals surface area contributed by atoms with E-state index in [1.54, 1.807) is 0 Å². The van der Waals surface area contributed by atoms with Gasteiger partial charge in [0.1, 0.15) is 5.25 Å². The van der Waals surface area contributed by atoms with Crippen molar-refractivity contribution >= 4 is 17.4 Å². The van der Waals surface area contributed by atoms with Crippen LogP contribution in [0, 0.1) is 0 Å². The second-order valence-electron chi connectivity index (χ2n) is 2.18. The maximum absolute atomic E-state index is 10.9. The van der Waals surface area contributed by atoms with Crippen molar-refractivity contribution in [2.45, 2.75) is 18.1 Å². The molecule has 0 radical (unpaired) electrons. The first-order valence-corrected chi connectivity index (χ1v) is 4.34. The Morgan fingerprint density at radius 2 is 2.30 bits per heavy atom. The zero-order valence-corrected chi connectivity index (χ0v) is 6.53. The molecule has 1 fully saturated rings. The molecule has 58 valence electrons. The van der Waals surface area contributed by atoms with Gasteiger partial charge in [0, 0.05) is 19.9 Å². The fourth-order valence-corrected chi connectivity index (χ4v) is 1.52. The standard InChI is InChI=1S/C5H10N2O2S/c1-6-5(8)7-10(9)4-2-3-4/h4H,2-3H2,1H3,(H2,6,7,8). The average molecular weight is 162 g/mol. The Hall–Kier alpha value is -0.420. The molecule has 4 nitrogen and oxygen atoms in total. The number of nitrogens with one attached hydrogen (secondary N) is 2. The second-order valence-corrected chi connectivity index (χ2v) is 3.64. The number of hydrogen-bond donors (Lipinski definition) is 2. The molecule has 0 aromatic carbocycles. The van der Waals surface area contributed by atoms with E-state index in [2.05, 4.69) is 10.0 Å². The molecule has 0 aliphatic heterocycles. The summed E-state index contributed by atoms with van der Waals surface area (Å²) in [5.74, 6) is 0. The molecule has 0 aromatic rings. The summed E-state index contributed by atoms with van der Waals surface area (Å²) in [6, 6.07) is -0.370. The van der Waals surface area contributed by atoms with Gasteiger partial charge in [-0.3, -0.25) is 0 Å². The van der Waals surface area contributed by atoms with Crippen LogP contribution in [-0.2, 0) is 11.4 Å². The number of hydrogen-bond acceptors (Lipinski definition) is 2. The van der Waals surface area contributed by atoms with Crippen molar-refractivity contribution in [1.29, 1.82) is 0 Å². The molecule has 0 heterocycles. The van der Waals surface area contributed by atoms with Crippen molar-refractivity contribution in [3.8, 4) is 0 Å². The Kier molecular flexibility index (Phi) is 2.39. The zero-order valence-electron chi connectivity index (χ0n) is 5.72. The molecular weight excluding hydrogens is 152 g/mol. The first kappa shape index (κ1) is 7.68. The number of urea groups is 1. The van der Waals surface area contributed by atoms with E-state index in [0.29, 0.717) is 0 Å². The van der Waals surface area contributed by atoms with Crippen LogP contribution in [0.5, 0.6) is 0 Å². The minimum Gasteiger partial charge on any atom is -0.593 e. The Balaban J connectivity index is 2.16. The number of amides is 2. The summed E-state index contributed by atoms with van der Waals surface area (Å²) in [4.78, 5) is 10.5. The smallest absolute Gasteiger partial charge is 0.355 e. The molecule has 0 spiro atoms. The summed E-state index contributed by atoms with van der Waals surface area (Å²) in [5.41, 5.74) is 0. The summed E-state index contributed by atoms with van der Waals surface area (Å²) < 4.78 is 13.2. The molecule has 10 heavy (non-hydrogen) atoms. The molecule has 1 rings (SSSR count). The average Bonchev–Trinajstić information content (AvgIpc) is 2.68. The normalized spacial score (nSPS) is 19.8. The van der Waals surface area contributed by atoms with Gasteiger partial charge in [-0.1, -0.05) is 0 Å². The quantitative estimate of drug-likeness (QED) is 0.549. The van der Waals surface area contributed by atoms with E-state index in [-0.39, 0.29) is 11.3 Å². The Morgan fingerprint density at radius 3 is 2.70 bits per heavy atom. The van der Waals surface area contributed by atoms with Crippen LogP contribution in [0.15, 0.2) is 0 Å². The van der Waals surface area contributed by atoms with Crippen LogP contribution >= 0.6 is 0 Å². The number of rotatable bonds is 2. The van der Waals surface area contributed by atoms with Crippen molar-refractivity contribution in [2.24, 2.45) is 0 Å². The van der Waals surface area contributed by atoms with Crippen LogP contribution in [0.3, 0.4) is 0 Å². The van der Waals surface area contributed by atoms with Crippen molar-refractivity contribution in [1.82, 2.24) is 10.0 Å². The van der Waals surface area contributed by atoms with E-state index in [0.717, 1.165) is 12.8 Å². The predicted octanol–water partition coefficient (Wildman–Crippen LogP) is -0.259. The highest BCUT2D eigenvalue weighted by molar-refractivity contribution is 7.90. The van der Waals surface area contributed by atoms with E-state index >= 15 is 0 Å². The largest absolute Gasteiger partial charge is 0.593 e. The van der Waals surface area contributed by atoms with Gasteiger partial charge in [-0.2, -0.15) is 4.72 Å². The molecule has 1 atom stereocenters. The van der Waals surface area contributed by atoms with Crippen LogP contribution in [0.25, 0.3) is 0 Å². The molecule has 1 unspecified atom stereocenters. The summed E-state index contributed by atoms with van der Waals surface area (Å²) in [6.45, 7) is 0. The molecular formula is C5H10N2O2S. The Morgan fingerprint density at radius 1 is 1.70 bits per heavy atom. The SMILES string of the molecule is CNC(=O)N[S+]([O-])C1CC1. The number of carbonyl (C=O) groups excluding carboxylic acids is 1. The lowest BCUT2D eigenvalue weighted by Crippen LogP contribution is -2.39. The maximum atomic E-state index is 10.9. The van der Waals surface area contributed by atoms with Gasteiger partial charge in [0.25, 0.3) is 0 Å². The summed E-state index contributed by atoms with van der Waals surface area (Å²) >= 11 is -1.15. The summed E-state index contributed by atoms with van der Waals surface area (Å²) in [5, 5.41) is 2.54. The monoisotopic (exact) mass is 162 g/mol. The van der Waals surface area contributed by atoms with Gasteiger partial charge in [0.15, 0.2) is 0 Å². The van der Waals surface area contributed by atoms with Crippen LogP contribution < -0.4 is 10.0 Å². The summed E-state index contributed by atoms with van der Waals surface area (Å²) in [7, 11) is 1.50. The number of carbonyl (C=O) groups is 1. The van der Waals surface area contributed by atoms with Gasteiger partial charge in [-0.25, -0.2) is 4.79 Å². The highest BCUT2D eigenvalue weighted by Gasteiger charge is 2.35. The topological polar surface area (TPSA) is 64.2 Å². The lowest BCUT2D eigenvalue weighted by Gasteiger charge is -2.08. The second kappa shape index (κ2) is 3.12. The highest BCUT2D eigenvalue weighted by Crippen LogP contribution is 2.27. The van der Waals surface area contributed by atoms with Crippen LogP contribution in [0.1, 0.15) is 12.8 Å². The molecule has 1 saturated carbocycles. The van der Waals surface area contributed by atoms with E-state index in [9.17, 15) is 9.35 Å². The molecule has 0 bridgehead atoms. The van der Waals surface area contributed by atoms with Gasteiger partial charge >= 0.3 is 6.03 Å². The molecule has 2 amide bonds. The van der Waals surface area contributed by atoms with Crippen molar-refractivity contribution < 1.29 is 9.35 Å². The Labute approximate surface area is 62.7 Å². The molecule has 5 heteroatoms. The minimum absolute atomic E-state index is 0.206. The molecule has 1 aliphatic carbocycles. The van der Waals surface area contributed by atoms with Crippen molar-refractivity contribution in [3.05, 3.63) is 0 Å². The molecule has 1 aliphatic rings. The van der Waals surface area contributed by atoms with E-state index < -0.39 is 11.4 Å². The zero-order chi connectivity index (χ0) is 7.56. The first-order valence-electron chi connectivity index (χ1n) is 3.13. The fourth-order valence-electron chi connectivity index (χ4n) is 0.508. The Bertz CT molecular complexity index is 138. The third kappa shape index (κ3) is 2.07. The molecule has 2 N–H and O–H groups in total. The van der Waals surface area contributed by atoms with E-state index in [1.807, 2.05) is 0 Å². The highest BCUT2D eigenvalue weighted by atomic mass is 32.2. The van der Waals surface area contributed by atoms with Crippen LogP contribution in [-0.4, -0.2) is 22.9 Å². The van der Waals surface area contributed by atoms with Gasteiger partial charge in [-0.05, 0) is 0 Å². The fraction of sp³-hybridized carbons (Fsp3) is 0.800. The third-order valence-corrected chi connectivity index (χ3v) is 2.71. The maximum Gasteiger partial charge on any atom is 0.355 e. The lowest BCUT2D eigenvalue weighted by molar-refractivity contribution is 0.247. The van der Waals surface area contributed by atoms with Crippen LogP contribution in [0.4, 0.5) is 4.79 Å². The van der Waals surface area contributed by atoms with Crippen LogP contribution in [0.2, 0.25) is 0 Å². The third-order valence-electron chi connectivity index (χ3n) is 1.25. The molecule has 0 aromatic heterocycles. The van der Waals surface area contributed by atoms with Gasteiger partial charge in [0.2, 0.25) is 0 Å². The van der Waals surface area contributed by atoms with Gasteiger partial charge < -0.3 is 9.87 Å². The predicted molar refractivity (Wildman–Crippen MR) is 38.8 cm³/mol. The molecule has 0 saturated heterocycles. The van der Waals surface area contributed by atoms with E-state index in [4.69, 9.17) is 0 Å². The van der Waals surface area contributed by atoms with Gasteiger partial charge in [0.05, 0.1) is 11.4 Å². The van der Waals surface area contributed by atoms with E-state index in [1.165, 1.54) is 7.05 Å². The first-order chi connectivity index (χ1) is 4.74. The van der Waals surface area contributed by atoms with Crippen molar-refractivity contribution in [3.63, 3.8) is 0 Å².